The van der Waals surface area contributed by atoms with Gasteiger partial charge < -0.3 is 25.4 Å². The number of nitrogens with two attached hydrogens (primary N) is 1. The van der Waals surface area contributed by atoms with E-state index in [2.05, 4.69) is 5.32 Å². The van der Waals surface area contributed by atoms with Crippen LogP contribution in [-0.4, -0.2) is 63.2 Å². The summed E-state index contributed by atoms with van der Waals surface area (Å²) < 4.78 is 11.2. The second-order valence-electron chi connectivity index (χ2n) is 11.1. The summed E-state index contributed by atoms with van der Waals surface area (Å²) in [4.78, 5) is 64.2. The number of benzene rings is 2. The summed E-state index contributed by atoms with van der Waals surface area (Å²) in [6.07, 6.45) is 1.81. The third kappa shape index (κ3) is 7.46. The number of ether oxygens (including phenoxy) is 2. The minimum absolute atomic E-state index is 0.0500. The van der Waals surface area contributed by atoms with Gasteiger partial charge in [0.05, 0.1) is 0 Å². The summed E-state index contributed by atoms with van der Waals surface area (Å²) in [6.45, 7) is 5.24. The van der Waals surface area contributed by atoms with Crippen molar-refractivity contribution in [1.82, 2.24) is 10.2 Å². The van der Waals surface area contributed by atoms with Crippen molar-refractivity contribution in [2.45, 2.75) is 74.4 Å². The normalized spacial score (nSPS) is 20.5. The molecule has 3 unspecified atom stereocenters. The third-order valence-electron chi connectivity index (χ3n) is 6.68. The Bertz CT molecular complexity index is 1300. The molecule has 2 aliphatic heterocycles. The maximum Gasteiger partial charge on any atom is 0.324 e. The minimum atomic E-state index is -0.988. The van der Waals surface area contributed by atoms with E-state index in [1.54, 1.807) is 20.8 Å². The fourth-order valence-corrected chi connectivity index (χ4v) is 5.97. The van der Waals surface area contributed by atoms with Crippen LogP contribution in [0.2, 0.25) is 0 Å². The lowest BCUT2D eigenvalue weighted by atomic mass is 10.0. The Kier molecular flexibility index (Phi) is 9.85. The Hall–Kier alpha value is -3.96. The van der Waals surface area contributed by atoms with Crippen LogP contribution in [0, 0.1) is 0 Å². The van der Waals surface area contributed by atoms with Crippen molar-refractivity contribution in [3.8, 4) is 0 Å². The molecule has 10 nitrogen and oxygen atoms in total. The van der Waals surface area contributed by atoms with Gasteiger partial charge in [-0.1, -0.05) is 60.7 Å². The van der Waals surface area contributed by atoms with E-state index in [-0.39, 0.29) is 30.2 Å². The fourth-order valence-electron chi connectivity index (χ4n) is 4.62. The summed E-state index contributed by atoms with van der Waals surface area (Å²) in [5.74, 6) is -1.94. The molecule has 0 bridgehead atoms. The van der Waals surface area contributed by atoms with Gasteiger partial charge in [-0.2, -0.15) is 0 Å². The number of aldehydes is 1. The first-order chi connectivity index (χ1) is 20.0. The highest BCUT2D eigenvalue weighted by atomic mass is 32.2. The first kappa shape index (κ1) is 31.0. The topological polar surface area (TPSA) is 145 Å². The van der Waals surface area contributed by atoms with Gasteiger partial charge in [-0.25, -0.2) is 0 Å². The predicted octanol–water partition coefficient (Wildman–Crippen LogP) is 3.01. The van der Waals surface area contributed by atoms with Gasteiger partial charge >= 0.3 is 11.9 Å². The van der Waals surface area contributed by atoms with Crippen LogP contribution in [0.5, 0.6) is 0 Å². The van der Waals surface area contributed by atoms with Gasteiger partial charge in [0, 0.05) is 18.2 Å². The molecule has 11 heteroatoms. The zero-order valence-corrected chi connectivity index (χ0v) is 24.5. The standard InChI is InChI=1S/C31H35N3O7S/c1-31(2,3)41-29(38)22(32)15-10-16-23(36)33-24-27(37)34-17-21(18-35)26(42-28(24)34)30(39)40-25(19-11-6-4-7-12-19)20-13-8-5-9-14-20/h4-9,11-14,17-18,22,24-26,28H,10,15-16,32H2,1-3H3,(H,33,36)/t22?,24?,26?,28-/m1/s1. The summed E-state index contributed by atoms with van der Waals surface area (Å²) >= 11 is 1.08. The number of β-lactam (4-membered cyclic amide) rings is 1. The smallest absolute Gasteiger partial charge is 0.324 e. The molecule has 3 N–H and O–H groups in total. The van der Waals surface area contributed by atoms with Crippen LogP contribution >= 0.6 is 11.8 Å². The lowest BCUT2D eigenvalue weighted by molar-refractivity contribution is -0.156. The van der Waals surface area contributed by atoms with E-state index in [1.165, 1.54) is 11.1 Å². The van der Waals surface area contributed by atoms with E-state index in [4.69, 9.17) is 15.2 Å². The number of esters is 2. The molecule has 1 fully saturated rings. The quantitative estimate of drug-likeness (QED) is 0.228. The Balaban J connectivity index is 1.38. The summed E-state index contributed by atoms with van der Waals surface area (Å²) in [6, 6.07) is 16.8. The molecule has 4 atom stereocenters. The average Bonchev–Trinajstić information content (AvgIpc) is 2.97. The second kappa shape index (κ2) is 13.3. The van der Waals surface area contributed by atoms with Gasteiger partial charge in [0.15, 0.2) is 6.10 Å². The highest BCUT2D eigenvalue weighted by molar-refractivity contribution is 8.01. The number of fused-ring (bicyclic) bond motifs is 1. The van der Waals surface area contributed by atoms with Gasteiger partial charge in [-0.3, -0.25) is 24.0 Å². The van der Waals surface area contributed by atoms with Gasteiger partial charge in [0.2, 0.25) is 5.91 Å². The first-order valence-electron chi connectivity index (χ1n) is 13.7. The molecule has 1 saturated heterocycles. The molecular weight excluding hydrogens is 558 g/mol. The molecule has 2 aliphatic rings. The molecule has 2 aromatic rings. The third-order valence-corrected chi connectivity index (χ3v) is 8.19. The summed E-state index contributed by atoms with van der Waals surface area (Å²) in [7, 11) is 0. The van der Waals surface area contributed by atoms with E-state index in [1.807, 2.05) is 60.7 Å². The Morgan fingerprint density at radius 1 is 1.05 bits per heavy atom. The van der Waals surface area contributed by atoms with Crippen LogP contribution in [0.4, 0.5) is 0 Å². The minimum Gasteiger partial charge on any atom is -0.459 e. The number of hydrogen-bond donors (Lipinski definition) is 2. The monoisotopic (exact) mass is 593 g/mol. The molecule has 0 spiro atoms. The highest BCUT2D eigenvalue weighted by Gasteiger charge is 2.53. The lowest BCUT2D eigenvalue weighted by Gasteiger charge is -2.48. The second-order valence-corrected chi connectivity index (χ2v) is 12.3. The van der Waals surface area contributed by atoms with Crippen LogP contribution in [0.25, 0.3) is 0 Å². The van der Waals surface area contributed by atoms with E-state index in [9.17, 15) is 24.0 Å². The lowest BCUT2D eigenvalue weighted by Crippen LogP contribution is -2.69. The maximum atomic E-state index is 13.5. The molecular formula is C31H35N3O7S. The van der Waals surface area contributed by atoms with Crippen molar-refractivity contribution in [2.75, 3.05) is 0 Å². The number of nitrogens with one attached hydrogen (secondary N) is 1. The summed E-state index contributed by atoms with van der Waals surface area (Å²) in [5.41, 5.74) is 6.87. The van der Waals surface area contributed by atoms with Crippen LogP contribution in [-0.2, 0) is 33.4 Å². The van der Waals surface area contributed by atoms with E-state index >= 15 is 0 Å². The number of nitrogens with zero attached hydrogens (tertiary/aromatic N) is 1. The molecule has 222 valence electrons. The van der Waals surface area contributed by atoms with Crippen LogP contribution in [0.1, 0.15) is 57.3 Å². The van der Waals surface area contributed by atoms with E-state index in [0.29, 0.717) is 12.7 Å². The molecule has 2 amide bonds. The zero-order valence-electron chi connectivity index (χ0n) is 23.7. The Morgan fingerprint density at radius 2 is 1.64 bits per heavy atom. The van der Waals surface area contributed by atoms with Crippen LogP contribution < -0.4 is 11.1 Å². The van der Waals surface area contributed by atoms with Crippen molar-refractivity contribution in [3.05, 3.63) is 83.6 Å². The van der Waals surface area contributed by atoms with Crippen molar-refractivity contribution in [2.24, 2.45) is 5.73 Å². The number of carbonyl (C=O) groups excluding carboxylic acids is 5. The largest absolute Gasteiger partial charge is 0.459 e. The molecule has 2 heterocycles. The molecule has 0 aromatic heterocycles. The predicted molar refractivity (Wildman–Crippen MR) is 157 cm³/mol. The number of carbonyl (C=O) groups is 5. The van der Waals surface area contributed by atoms with Crippen molar-refractivity contribution in [1.29, 1.82) is 0 Å². The van der Waals surface area contributed by atoms with Crippen molar-refractivity contribution in [3.63, 3.8) is 0 Å². The number of hydrogen-bond acceptors (Lipinski definition) is 9. The van der Waals surface area contributed by atoms with Gasteiger partial charge in [0.1, 0.15) is 34.6 Å². The Morgan fingerprint density at radius 3 is 2.19 bits per heavy atom. The molecule has 42 heavy (non-hydrogen) atoms. The fraction of sp³-hybridized carbons (Fsp3) is 0.387. The molecule has 0 saturated carbocycles. The zero-order chi connectivity index (χ0) is 30.4. The molecule has 0 radical (unpaired) electrons. The van der Waals surface area contributed by atoms with Crippen LogP contribution in [0.3, 0.4) is 0 Å². The molecule has 2 aromatic carbocycles. The number of amides is 2. The SMILES string of the molecule is CC(C)(C)OC(=O)C(N)CCCC(=O)NC1C(=O)N2C=C(C=O)C(C(=O)OC(c3ccccc3)c3ccccc3)S[C@H]12. The number of thioether (sulfide) groups is 1. The first-order valence-corrected chi connectivity index (χ1v) is 14.7. The number of rotatable bonds is 11. The van der Waals surface area contributed by atoms with Crippen molar-refractivity contribution < 1.29 is 33.4 Å². The van der Waals surface area contributed by atoms with Gasteiger partial charge in [-0.15, -0.1) is 11.8 Å². The Labute approximate surface area is 249 Å². The maximum absolute atomic E-state index is 13.5. The van der Waals surface area contributed by atoms with Crippen molar-refractivity contribution >= 4 is 41.8 Å². The summed E-state index contributed by atoms with van der Waals surface area (Å²) in [5, 5.41) is 1.14. The molecule has 4 rings (SSSR count). The highest BCUT2D eigenvalue weighted by Crippen LogP contribution is 2.41. The van der Waals surface area contributed by atoms with Crippen LogP contribution in [0.15, 0.2) is 72.4 Å². The van der Waals surface area contributed by atoms with Gasteiger partial charge in [-0.05, 0) is 44.7 Å². The van der Waals surface area contributed by atoms with E-state index in [0.717, 1.165) is 22.9 Å². The van der Waals surface area contributed by atoms with Gasteiger partial charge in [0.25, 0.3) is 5.91 Å². The molecule has 0 aliphatic carbocycles. The average molecular weight is 594 g/mol. The van der Waals surface area contributed by atoms with E-state index < -0.39 is 46.4 Å².